The molecule has 5 nitrogen and oxygen atoms in total. The molecule has 32 heavy (non-hydrogen) atoms. The molecule has 0 atom stereocenters. The van der Waals surface area contributed by atoms with Gasteiger partial charge in [0.2, 0.25) is 0 Å². The molecule has 1 aliphatic rings. The zero-order valence-electron chi connectivity index (χ0n) is 18.7. The monoisotopic (exact) mass is 426 g/mol. The Kier molecular flexibility index (Phi) is 6.08. The summed E-state index contributed by atoms with van der Waals surface area (Å²) in [5.41, 5.74) is 4.06. The van der Waals surface area contributed by atoms with Crippen molar-refractivity contribution in [3.8, 4) is 11.5 Å². The van der Waals surface area contributed by atoms with Gasteiger partial charge in [0.25, 0.3) is 5.91 Å². The van der Waals surface area contributed by atoms with Gasteiger partial charge >= 0.3 is 0 Å². The van der Waals surface area contributed by atoms with Gasteiger partial charge in [0.1, 0.15) is 11.5 Å². The van der Waals surface area contributed by atoms with Crippen LogP contribution in [0.25, 0.3) is 6.08 Å². The van der Waals surface area contributed by atoms with Crippen LogP contribution >= 0.6 is 0 Å². The second kappa shape index (κ2) is 9.10. The molecule has 1 amide bonds. The molecular weight excluding hydrogens is 400 g/mol. The largest absolute Gasteiger partial charge is 0.493 e. The summed E-state index contributed by atoms with van der Waals surface area (Å²) in [4.78, 5) is 19.9. The molecule has 4 rings (SSSR count). The fourth-order valence-corrected chi connectivity index (χ4v) is 3.65. The summed E-state index contributed by atoms with van der Waals surface area (Å²) < 4.78 is 10.7. The molecule has 0 saturated carbocycles. The predicted molar refractivity (Wildman–Crippen MR) is 129 cm³/mol. The third kappa shape index (κ3) is 4.14. The summed E-state index contributed by atoms with van der Waals surface area (Å²) >= 11 is 0. The number of ether oxygens (including phenoxy) is 2. The smallest absolute Gasteiger partial charge is 0.282 e. The summed E-state index contributed by atoms with van der Waals surface area (Å²) in [5.74, 6) is 2.09. The van der Waals surface area contributed by atoms with Crippen LogP contribution in [0, 0.1) is 0 Å². The molecular formula is C27H26N2O3. The third-order valence-electron chi connectivity index (χ3n) is 5.42. The summed E-state index contributed by atoms with van der Waals surface area (Å²) in [6.45, 7) is 4.30. The molecule has 1 aliphatic heterocycles. The number of amidine groups is 1. The van der Waals surface area contributed by atoms with Crippen molar-refractivity contribution in [2.45, 2.75) is 19.8 Å². The van der Waals surface area contributed by atoms with Crippen LogP contribution in [0.1, 0.15) is 36.5 Å². The topological polar surface area (TPSA) is 51.1 Å². The molecule has 0 aliphatic carbocycles. The van der Waals surface area contributed by atoms with E-state index in [1.54, 1.807) is 25.2 Å². The lowest BCUT2D eigenvalue weighted by atomic mass is 10.0. The normalized spacial score (nSPS) is 14.8. The second-order valence-electron chi connectivity index (χ2n) is 7.83. The van der Waals surface area contributed by atoms with Crippen molar-refractivity contribution in [1.82, 2.24) is 0 Å². The van der Waals surface area contributed by atoms with Crippen LogP contribution in [0.3, 0.4) is 0 Å². The summed E-state index contributed by atoms with van der Waals surface area (Å²) in [6.07, 6.45) is 1.77. The summed E-state index contributed by atoms with van der Waals surface area (Å²) in [5, 5.41) is 0. The maximum absolute atomic E-state index is 13.5. The number of amides is 1. The fourth-order valence-electron chi connectivity index (χ4n) is 3.65. The van der Waals surface area contributed by atoms with Crippen LogP contribution in [-0.4, -0.2) is 26.0 Å². The lowest BCUT2D eigenvalue weighted by Crippen LogP contribution is -2.32. The first kappa shape index (κ1) is 21.4. The van der Waals surface area contributed by atoms with Gasteiger partial charge in [-0.3, -0.25) is 9.69 Å². The molecule has 0 fully saturated rings. The number of anilines is 1. The lowest BCUT2D eigenvalue weighted by molar-refractivity contribution is -0.113. The second-order valence-corrected chi connectivity index (χ2v) is 7.83. The van der Waals surface area contributed by atoms with Crippen molar-refractivity contribution in [3.05, 3.63) is 95.2 Å². The van der Waals surface area contributed by atoms with E-state index in [1.807, 2.05) is 60.7 Å². The van der Waals surface area contributed by atoms with E-state index in [0.717, 1.165) is 16.8 Å². The number of benzene rings is 3. The molecule has 1 heterocycles. The van der Waals surface area contributed by atoms with Gasteiger partial charge in [-0.1, -0.05) is 62.4 Å². The molecule has 0 bridgehead atoms. The average Bonchev–Trinajstić information content (AvgIpc) is 3.15. The Morgan fingerprint density at radius 3 is 2.19 bits per heavy atom. The highest BCUT2D eigenvalue weighted by atomic mass is 16.5. The van der Waals surface area contributed by atoms with Crippen molar-refractivity contribution < 1.29 is 14.3 Å². The van der Waals surface area contributed by atoms with Crippen molar-refractivity contribution in [3.63, 3.8) is 0 Å². The maximum atomic E-state index is 13.5. The number of hydrogen-bond acceptors (Lipinski definition) is 4. The molecule has 0 radical (unpaired) electrons. The molecule has 0 spiro atoms. The SMILES string of the molecule is COc1ccc(/C=C2/N=C(c3ccccc3)N(c3ccc(C(C)C)cc3)C2=O)cc1OC. The van der Waals surface area contributed by atoms with Crippen LogP contribution in [-0.2, 0) is 4.79 Å². The van der Waals surface area contributed by atoms with Gasteiger partial charge in [0.15, 0.2) is 11.5 Å². The predicted octanol–water partition coefficient (Wildman–Crippen LogP) is 5.66. The van der Waals surface area contributed by atoms with E-state index >= 15 is 0 Å². The Hall–Kier alpha value is -3.86. The number of methoxy groups -OCH3 is 2. The molecule has 0 N–H and O–H groups in total. The van der Waals surface area contributed by atoms with E-state index in [-0.39, 0.29) is 5.91 Å². The Morgan fingerprint density at radius 1 is 0.875 bits per heavy atom. The summed E-state index contributed by atoms with van der Waals surface area (Å²) in [7, 11) is 3.18. The molecule has 162 valence electrons. The van der Waals surface area contributed by atoms with Gasteiger partial charge in [-0.05, 0) is 47.4 Å². The Bertz CT molecular complexity index is 1180. The van der Waals surface area contributed by atoms with Gasteiger partial charge in [-0.15, -0.1) is 0 Å². The first-order valence-corrected chi connectivity index (χ1v) is 10.5. The first-order valence-electron chi connectivity index (χ1n) is 10.5. The Labute approximate surface area is 188 Å². The van der Waals surface area contributed by atoms with E-state index < -0.39 is 0 Å². The molecule has 0 aromatic heterocycles. The van der Waals surface area contributed by atoms with Crippen LogP contribution in [0.5, 0.6) is 11.5 Å². The Morgan fingerprint density at radius 2 is 1.56 bits per heavy atom. The molecule has 5 heteroatoms. The van der Waals surface area contributed by atoms with Crippen molar-refractivity contribution in [2.75, 3.05) is 19.1 Å². The standard InChI is InChI=1S/C27H26N2O3/c1-18(2)20-11-13-22(14-12-20)29-26(21-8-6-5-7-9-21)28-23(27(29)30)16-19-10-15-24(31-3)25(17-19)32-4/h5-18H,1-4H3/b23-16+. The van der Waals surface area contributed by atoms with Crippen LogP contribution in [0.2, 0.25) is 0 Å². The van der Waals surface area contributed by atoms with Crippen molar-refractivity contribution >= 4 is 23.5 Å². The molecule has 3 aromatic carbocycles. The van der Waals surface area contributed by atoms with E-state index in [2.05, 4.69) is 26.0 Å². The van der Waals surface area contributed by atoms with Gasteiger partial charge in [-0.25, -0.2) is 4.99 Å². The van der Waals surface area contributed by atoms with Gasteiger partial charge in [0, 0.05) is 5.56 Å². The Balaban J connectivity index is 1.77. The van der Waals surface area contributed by atoms with Gasteiger partial charge in [0.05, 0.1) is 19.9 Å². The number of hydrogen-bond donors (Lipinski definition) is 0. The quantitative estimate of drug-likeness (QED) is 0.478. The molecule has 3 aromatic rings. The van der Waals surface area contributed by atoms with E-state index in [9.17, 15) is 4.79 Å². The number of carbonyl (C=O) groups excluding carboxylic acids is 1. The number of rotatable bonds is 6. The maximum Gasteiger partial charge on any atom is 0.282 e. The highest BCUT2D eigenvalue weighted by Gasteiger charge is 2.32. The van der Waals surface area contributed by atoms with Crippen LogP contribution < -0.4 is 14.4 Å². The fraction of sp³-hybridized carbons (Fsp3) is 0.185. The van der Waals surface area contributed by atoms with Gasteiger partial charge in [-0.2, -0.15) is 0 Å². The third-order valence-corrected chi connectivity index (χ3v) is 5.42. The van der Waals surface area contributed by atoms with Crippen molar-refractivity contribution in [2.24, 2.45) is 4.99 Å². The minimum absolute atomic E-state index is 0.170. The molecule has 0 unspecified atom stereocenters. The number of nitrogens with zero attached hydrogens (tertiary/aromatic N) is 2. The first-order chi connectivity index (χ1) is 15.5. The highest BCUT2D eigenvalue weighted by molar-refractivity contribution is 6.33. The van der Waals surface area contributed by atoms with Crippen molar-refractivity contribution in [1.29, 1.82) is 0 Å². The molecule has 0 saturated heterocycles. The average molecular weight is 427 g/mol. The minimum Gasteiger partial charge on any atom is -0.493 e. The van der Waals surface area contributed by atoms with E-state index in [0.29, 0.717) is 28.9 Å². The zero-order valence-corrected chi connectivity index (χ0v) is 18.7. The summed E-state index contributed by atoms with van der Waals surface area (Å²) in [6, 6.07) is 23.3. The van der Waals surface area contributed by atoms with Crippen LogP contribution in [0.4, 0.5) is 5.69 Å². The minimum atomic E-state index is -0.170. The van der Waals surface area contributed by atoms with E-state index in [4.69, 9.17) is 14.5 Å². The van der Waals surface area contributed by atoms with Gasteiger partial charge < -0.3 is 9.47 Å². The number of carbonyl (C=O) groups is 1. The highest BCUT2D eigenvalue weighted by Crippen LogP contribution is 2.32. The number of aliphatic imine (C=N–C) groups is 1. The van der Waals surface area contributed by atoms with E-state index in [1.165, 1.54) is 5.56 Å². The zero-order chi connectivity index (χ0) is 22.7. The van der Waals surface area contributed by atoms with Crippen LogP contribution in [0.15, 0.2) is 83.5 Å². The lowest BCUT2D eigenvalue weighted by Gasteiger charge is -2.19.